The first kappa shape index (κ1) is 20.6. The minimum absolute atomic E-state index is 0.0522. The quantitative estimate of drug-likeness (QED) is 0.748. The van der Waals surface area contributed by atoms with Crippen molar-refractivity contribution in [3.63, 3.8) is 0 Å². The van der Waals surface area contributed by atoms with E-state index in [1.165, 1.54) is 0 Å². The minimum Gasteiger partial charge on any atom is -0.375 e. The normalized spacial score (nSPS) is 25.3. The average molecular weight is 403 g/mol. The molecular formula is C22H34N4O3. The number of ether oxygens (including phenoxy) is 2. The molecule has 0 aromatic carbocycles. The number of nitrogens with zero attached hydrogens (tertiary/aromatic N) is 4. The van der Waals surface area contributed by atoms with Gasteiger partial charge in [-0.25, -0.2) is 4.98 Å². The van der Waals surface area contributed by atoms with Gasteiger partial charge in [-0.05, 0) is 44.7 Å². The maximum absolute atomic E-state index is 12.2. The van der Waals surface area contributed by atoms with E-state index in [2.05, 4.69) is 26.9 Å². The largest absolute Gasteiger partial charge is 0.375 e. The summed E-state index contributed by atoms with van der Waals surface area (Å²) in [5.41, 5.74) is -0.0522. The van der Waals surface area contributed by atoms with Gasteiger partial charge in [0, 0.05) is 64.7 Å². The van der Waals surface area contributed by atoms with E-state index in [0.717, 1.165) is 77.4 Å². The highest BCUT2D eigenvalue weighted by atomic mass is 16.5. The van der Waals surface area contributed by atoms with Gasteiger partial charge in [-0.1, -0.05) is 6.07 Å². The van der Waals surface area contributed by atoms with E-state index < -0.39 is 0 Å². The molecule has 7 nitrogen and oxygen atoms in total. The highest BCUT2D eigenvalue weighted by Gasteiger charge is 2.42. The van der Waals surface area contributed by atoms with Crippen molar-refractivity contribution >= 4 is 11.7 Å². The van der Waals surface area contributed by atoms with Gasteiger partial charge < -0.3 is 19.3 Å². The summed E-state index contributed by atoms with van der Waals surface area (Å²) in [6.45, 7) is 9.32. The summed E-state index contributed by atoms with van der Waals surface area (Å²) in [6.07, 6.45) is 5.95. The van der Waals surface area contributed by atoms with Gasteiger partial charge >= 0.3 is 0 Å². The number of aromatic nitrogens is 1. The van der Waals surface area contributed by atoms with E-state index in [-0.39, 0.29) is 18.1 Å². The molecule has 1 aromatic rings. The third-order valence-electron chi connectivity index (χ3n) is 6.73. The topological polar surface area (TPSA) is 58.1 Å². The van der Waals surface area contributed by atoms with Crippen LogP contribution in [-0.2, 0) is 14.3 Å². The lowest BCUT2D eigenvalue weighted by atomic mass is 9.81. The number of hydrogen-bond donors (Lipinski definition) is 0. The molecule has 1 atom stereocenters. The van der Waals surface area contributed by atoms with Crippen LogP contribution >= 0.6 is 0 Å². The number of piperazine rings is 1. The number of hydrogen-bond acceptors (Lipinski definition) is 6. The van der Waals surface area contributed by atoms with Gasteiger partial charge in [0.1, 0.15) is 12.4 Å². The van der Waals surface area contributed by atoms with Crippen molar-refractivity contribution in [2.45, 2.75) is 44.2 Å². The molecule has 0 N–H and O–H groups in total. The van der Waals surface area contributed by atoms with Gasteiger partial charge in [0.15, 0.2) is 0 Å². The van der Waals surface area contributed by atoms with Gasteiger partial charge in [0.05, 0.1) is 5.60 Å². The number of amides is 1. The molecule has 4 heterocycles. The molecule has 3 aliphatic heterocycles. The van der Waals surface area contributed by atoms with Gasteiger partial charge in [-0.15, -0.1) is 0 Å². The van der Waals surface area contributed by atoms with Crippen molar-refractivity contribution in [2.75, 3.05) is 64.0 Å². The van der Waals surface area contributed by atoms with Crippen LogP contribution in [0.2, 0.25) is 0 Å². The standard InChI is InChI=1S/C22H34N4O3/c1-2-28-18-21(27)26-10-7-22(8-11-26)17-19(6-16-29-22)24-12-14-25(15-13-24)20-5-3-4-9-23-20/h3-5,9,19H,2,6-8,10-18H2,1H3. The molecule has 160 valence electrons. The first-order valence-corrected chi connectivity index (χ1v) is 11.1. The van der Waals surface area contributed by atoms with Gasteiger partial charge in [0.25, 0.3) is 0 Å². The molecule has 0 aliphatic carbocycles. The Kier molecular flexibility index (Phi) is 6.67. The predicted octanol–water partition coefficient (Wildman–Crippen LogP) is 1.78. The second-order valence-electron chi connectivity index (χ2n) is 8.41. The summed E-state index contributed by atoms with van der Waals surface area (Å²) in [5, 5.41) is 0. The first-order chi connectivity index (χ1) is 14.2. The van der Waals surface area contributed by atoms with Gasteiger partial charge in [-0.3, -0.25) is 9.69 Å². The molecule has 0 bridgehead atoms. The predicted molar refractivity (Wildman–Crippen MR) is 112 cm³/mol. The molecule has 1 spiro atoms. The molecule has 29 heavy (non-hydrogen) atoms. The Morgan fingerprint density at radius 3 is 2.69 bits per heavy atom. The maximum Gasteiger partial charge on any atom is 0.248 e. The Morgan fingerprint density at radius 2 is 2.00 bits per heavy atom. The van der Waals surface area contributed by atoms with Crippen molar-refractivity contribution in [1.29, 1.82) is 0 Å². The van der Waals surface area contributed by atoms with E-state index >= 15 is 0 Å². The highest BCUT2D eigenvalue weighted by Crippen LogP contribution is 2.37. The second-order valence-corrected chi connectivity index (χ2v) is 8.41. The third-order valence-corrected chi connectivity index (χ3v) is 6.73. The highest BCUT2D eigenvalue weighted by molar-refractivity contribution is 5.77. The van der Waals surface area contributed by atoms with Gasteiger partial charge in [-0.2, -0.15) is 0 Å². The van der Waals surface area contributed by atoms with E-state index in [4.69, 9.17) is 9.47 Å². The number of carbonyl (C=O) groups is 1. The monoisotopic (exact) mass is 402 g/mol. The molecule has 1 amide bonds. The summed E-state index contributed by atoms with van der Waals surface area (Å²) in [7, 11) is 0. The van der Waals surface area contributed by atoms with E-state index in [0.29, 0.717) is 12.6 Å². The zero-order chi connectivity index (χ0) is 20.1. The van der Waals surface area contributed by atoms with Gasteiger partial charge in [0.2, 0.25) is 5.91 Å². The van der Waals surface area contributed by atoms with Crippen LogP contribution < -0.4 is 4.90 Å². The zero-order valence-corrected chi connectivity index (χ0v) is 17.6. The number of piperidine rings is 1. The first-order valence-electron chi connectivity index (χ1n) is 11.1. The van der Waals surface area contributed by atoms with Crippen LogP contribution in [0.5, 0.6) is 0 Å². The lowest BCUT2D eigenvalue weighted by molar-refractivity contribution is -0.152. The lowest BCUT2D eigenvalue weighted by Crippen LogP contribution is -2.57. The summed E-state index contributed by atoms with van der Waals surface area (Å²) < 4.78 is 11.6. The van der Waals surface area contributed by atoms with Crippen LogP contribution in [-0.4, -0.2) is 91.4 Å². The van der Waals surface area contributed by atoms with Crippen LogP contribution in [0, 0.1) is 0 Å². The lowest BCUT2D eigenvalue weighted by Gasteiger charge is -2.49. The SMILES string of the molecule is CCOCC(=O)N1CCC2(CC1)CC(N1CCN(c3ccccn3)CC1)CCO2. The summed E-state index contributed by atoms with van der Waals surface area (Å²) in [5.74, 6) is 1.19. The van der Waals surface area contributed by atoms with Crippen LogP contribution in [0.25, 0.3) is 0 Å². The molecule has 3 fully saturated rings. The molecular weight excluding hydrogens is 368 g/mol. The van der Waals surface area contributed by atoms with Crippen LogP contribution in [0.1, 0.15) is 32.6 Å². The Bertz CT molecular complexity index is 655. The molecule has 3 saturated heterocycles. The molecule has 4 rings (SSSR count). The third kappa shape index (κ3) is 4.90. The molecule has 1 aromatic heterocycles. The fourth-order valence-corrected chi connectivity index (χ4v) is 4.96. The molecule has 3 aliphatic rings. The summed E-state index contributed by atoms with van der Waals surface area (Å²) in [6, 6.07) is 6.71. The molecule has 7 heteroatoms. The Balaban J connectivity index is 1.28. The molecule has 1 unspecified atom stereocenters. The van der Waals surface area contributed by atoms with Crippen molar-refractivity contribution < 1.29 is 14.3 Å². The minimum atomic E-state index is -0.0522. The Morgan fingerprint density at radius 1 is 1.21 bits per heavy atom. The molecule has 0 saturated carbocycles. The van der Waals surface area contributed by atoms with Crippen molar-refractivity contribution in [3.8, 4) is 0 Å². The number of likely N-dealkylation sites (tertiary alicyclic amines) is 1. The summed E-state index contributed by atoms with van der Waals surface area (Å²) in [4.78, 5) is 23.7. The van der Waals surface area contributed by atoms with E-state index in [9.17, 15) is 4.79 Å². The zero-order valence-electron chi connectivity index (χ0n) is 17.6. The molecule has 0 radical (unpaired) electrons. The van der Waals surface area contributed by atoms with Crippen molar-refractivity contribution in [2.24, 2.45) is 0 Å². The van der Waals surface area contributed by atoms with Crippen LogP contribution in [0.15, 0.2) is 24.4 Å². The van der Waals surface area contributed by atoms with E-state index in [1.54, 1.807) is 0 Å². The maximum atomic E-state index is 12.2. The van der Waals surface area contributed by atoms with Crippen LogP contribution in [0.4, 0.5) is 5.82 Å². The van der Waals surface area contributed by atoms with Crippen molar-refractivity contribution in [1.82, 2.24) is 14.8 Å². The fraction of sp³-hybridized carbons (Fsp3) is 0.727. The van der Waals surface area contributed by atoms with E-state index in [1.807, 2.05) is 24.1 Å². The smallest absolute Gasteiger partial charge is 0.248 e. The number of rotatable bonds is 5. The number of carbonyl (C=O) groups excluding carboxylic acids is 1. The Labute approximate surface area is 174 Å². The summed E-state index contributed by atoms with van der Waals surface area (Å²) >= 11 is 0. The fourth-order valence-electron chi connectivity index (χ4n) is 4.96. The van der Waals surface area contributed by atoms with Crippen molar-refractivity contribution in [3.05, 3.63) is 24.4 Å². The van der Waals surface area contributed by atoms with Crippen LogP contribution in [0.3, 0.4) is 0 Å². The Hall–Kier alpha value is -1.70. The number of pyridine rings is 1. The second kappa shape index (κ2) is 9.41. The number of anilines is 1. The average Bonchev–Trinajstić information content (AvgIpc) is 2.79.